The molecule has 0 aliphatic heterocycles. The number of nitrogens with two attached hydrogens (primary N) is 1. The van der Waals surface area contributed by atoms with E-state index in [-0.39, 0.29) is 17.3 Å². The number of carbonyl (C=O) groups excluding carboxylic acids is 1. The smallest absolute Gasteiger partial charge is 0.224 e. The standard InChI is InChI=1S/C20H21N3O3S/c1-13-10-16-9-8-15(11-17(16)22-20(13)21)12-23(14(2)24)18-6-4-5-7-19(18)27(3,25)26/h4-11H,12H2,1-3H3,(H2,21,22). The summed E-state index contributed by atoms with van der Waals surface area (Å²) in [5.74, 6) is 0.216. The van der Waals surface area contributed by atoms with Gasteiger partial charge in [-0.1, -0.05) is 24.3 Å². The topological polar surface area (TPSA) is 93.4 Å². The minimum atomic E-state index is -3.47. The number of amides is 1. The number of anilines is 2. The lowest BCUT2D eigenvalue weighted by Gasteiger charge is -2.23. The summed E-state index contributed by atoms with van der Waals surface area (Å²) in [6, 6.07) is 14.1. The molecule has 0 atom stereocenters. The zero-order chi connectivity index (χ0) is 19.8. The van der Waals surface area contributed by atoms with Crippen LogP contribution in [0.1, 0.15) is 18.1 Å². The van der Waals surface area contributed by atoms with Crippen LogP contribution < -0.4 is 10.6 Å². The van der Waals surface area contributed by atoms with E-state index >= 15 is 0 Å². The predicted molar refractivity (Wildman–Crippen MR) is 107 cm³/mol. The Labute approximate surface area is 158 Å². The molecule has 7 heteroatoms. The normalized spacial score (nSPS) is 11.5. The number of rotatable bonds is 4. The fourth-order valence-corrected chi connectivity index (χ4v) is 3.86. The second-order valence-electron chi connectivity index (χ2n) is 6.56. The molecule has 2 aromatic carbocycles. The molecule has 0 bridgehead atoms. The molecule has 140 valence electrons. The van der Waals surface area contributed by atoms with Gasteiger partial charge in [0, 0.05) is 18.6 Å². The van der Waals surface area contributed by atoms with Crippen LogP contribution in [0.25, 0.3) is 10.9 Å². The number of benzene rings is 2. The fourth-order valence-electron chi connectivity index (χ4n) is 2.97. The molecule has 0 unspecified atom stereocenters. The van der Waals surface area contributed by atoms with Crippen molar-refractivity contribution < 1.29 is 13.2 Å². The van der Waals surface area contributed by atoms with Gasteiger partial charge in [0.15, 0.2) is 9.84 Å². The van der Waals surface area contributed by atoms with E-state index in [4.69, 9.17) is 5.73 Å². The van der Waals surface area contributed by atoms with Crippen molar-refractivity contribution in [1.29, 1.82) is 0 Å². The van der Waals surface area contributed by atoms with Crippen molar-refractivity contribution in [2.24, 2.45) is 0 Å². The van der Waals surface area contributed by atoms with Gasteiger partial charge in [0.05, 0.1) is 22.6 Å². The van der Waals surface area contributed by atoms with Gasteiger partial charge >= 0.3 is 0 Å². The second-order valence-corrected chi connectivity index (χ2v) is 8.55. The lowest BCUT2D eigenvalue weighted by Crippen LogP contribution is -2.29. The van der Waals surface area contributed by atoms with Crippen LogP contribution in [0, 0.1) is 6.92 Å². The summed E-state index contributed by atoms with van der Waals surface area (Å²) in [5.41, 5.74) is 8.73. The molecule has 1 amide bonds. The Hall–Kier alpha value is -2.93. The molecule has 0 saturated carbocycles. The number of fused-ring (bicyclic) bond motifs is 1. The number of nitrogens with zero attached hydrogens (tertiary/aromatic N) is 2. The fraction of sp³-hybridized carbons (Fsp3) is 0.200. The predicted octanol–water partition coefficient (Wildman–Crippen LogP) is 3.08. The van der Waals surface area contributed by atoms with Crippen LogP contribution >= 0.6 is 0 Å². The van der Waals surface area contributed by atoms with Gasteiger partial charge in [-0.15, -0.1) is 0 Å². The van der Waals surface area contributed by atoms with Gasteiger partial charge in [0.2, 0.25) is 5.91 Å². The van der Waals surface area contributed by atoms with E-state index in [1.54, 1.807) is 18.2 Å². The van der Waals surface area contributed by atoms with E-state index in [9.17, 15) is 13.2 Å². The highest BCUT2D eigenvalue weighted by Gasteiger charge is 2.21. The van der Waals surface area contributed by atoms with Crippen molar-refractivity contribution in [3.63, 3.8) is 0 Å². The Balaban J connectivity index is 2.05. The Morgan fingerprint density at radius 3 is 2.52 bits per heavy atom. The SMILES string of the molecule is CC(=O)N(Cc1ccc2cc(C)c(N)nc2c1)c1ccccc1S(C)(=O)=O. The Morgan fingerprint density at radius 1 is 1.15 bits per heavy atom. The number of carbonyl (C=O) groups is 1. The van der Waals surface area contributed by atoms with Gasteiger partial charge in [-0.3, -0.25) is 4.79 Å². The summed E-state index contributed by atoms with van der Waals surface area (Å²) < 4.78 is 24.2. The van der Waals surface area contributed by atoms with Gasteiger partial charge in [0.25, 0.3) is 0 Å². The number of hydrogen-bond acceptors (Lipinski definition) is 5. The molecule has 3 rings (SSSR count). The molecule has 0 spiro atoms. The van der Waals surface area contributed by atoms with Gasteiger partial charge < -0.3 is 10.6 Å². The van der Waals surface area contributed by atoms with Crippen LogP contribution in [0.5, 0.6) is 0 Å². The number of aromatic nitrogens is 1. The summed E-state index contributed by atoms with van der Waals surface area (Å²) >= 11 is 0. The van der Waals surface area contributed by atoms with E-state index < -0.39 is 9.84 Å². The van der Waals surface area contributed by atoms with E-state index in [2.05, 4.69) is 4.98 Å². The van der Waals surface area contributed by atoms with Crippen LogP contribution in [0.4, 0.5) is 11.5 Å². The monoisotopic (exact) mass is 383 g/mol. The van der Waals surface area contributed by atoms with Crippen molar-refractivity contribution in [2.75, 3.05) is 16.9 Å². The molecular weight excluding hydrogens is 362 g/mol. The molecule has 1 heterocycles. The first kappa shape index (κ1) is 18.8. The number of nitrogen functional groups attached to an aromatic ring is 1. The van der Waals surface area contributed by atoms with E-state index in [1.165, 1.54) is 17.9 Å². The first-order valence-corrected chi connectivity index (χ1v) is 10.3. The molecule has 2 N–H and O–H groups in total. The highest BCUT2D eigenvalue weighted by atomic mass is 32.2. The number of sulfone groups is 1. The summed E-state index contributed by atoms with van der Waals surface area (Å²) in [7, 11) is -3.47. The number of pyridine rings is 1. The van der Waals surface area contributed by atoms with Crippen molar-refractivity contribution in [3.05, 3.63) is 59.7 Å². The molecule has 1 aromatic heterocycles. The van der Waals surface area contributed by atoms with Crippen LogP contribution in [0.2, 0.25) is 0 Å². The maximum absolute atomic E-state index is 12.3. The van der Waals surface area contributed by atoms with Crippen LogP contribution in [-0.4, -0.2) is 25.6 Å². The van der Waals surface area contributed by atoms with Gasteiger partial charge in [-0.25, -0.2) is 13.4 Å². The number of para-hydroxylation sites is 1. The molecule has 0 aliphatic rings. The second kappa shape index (κ2) is 7.00. The molecule has 0 saturated heterocycles. The molecule has 3 aromatic rings. The van der Waals surface area contributed by atoms with Crippen LogP contribution in [0.3, 0.4) is 0 Å². The minimum Gasteiger partial charge on any atom is -0.383 e. The highest BCUT2D eigenvalue weighted by Crippen LogP contribution is 2.27. The lowest BCUT2D eigenvalue weighted by molar-refractivity contribution is -0.116. The molecule has 0 aliphatic carbocycles. The lowest BCUT2D eigenvalue weighted by atomic mass is 10.1. The third kappa shape index (κ3) is 3.93. The molecule has 27 heavy (non-hydrogen) atoms. The highest BCUT2D eigenvalue weighted by molar-refractivity contribution is 7.90. The summed E-state index contributed by atoms with van der Waals surface area (Å²) in [6.07, 6.45) is 1.13. The Morgan fingerprint density at radius 2 is 1.85 bits per heavy atom. The summed E-state index contributed by atoms with van der Waals surface area (Å²) in [5, 5.41) is 0.955. The Kier molecular flexibility index (Phi) is 4.89. The third-order valence-electron chi connectivity index (χ3n) is 4.39. The van der Waals surface area contributed by atoms with E-state index in [0.29, 0.717) is 11.5 Å². The largest absolute Gasteiger partial charge is 0.383 e. The summed E-state index contributed by atoms with van der Waals surface area (Å²) in [6.45, 7) is 3.54. The first-order valence-electron chi connectivity index (χ1n) is 8.40. The maximum Gasteiger partial charge on any atom is 0.224 e. The molecular formula is C20H21N3O3S. The maximum atomic E-state index is 12.3. The third-order valence-corrected chi connectivity index (χ3v) is 5.53. The number of hydrogen-bond donors (Lipinski definition) is 1. The van der Waals surface area contributed by atoms with E-state index in [1.807, 2.05) is 31.2 Å². The van der Waals surface area contributed by atoms with Crippen molar-refractivity contribution >= 4 is 38.2 Å². The van der Waals surface area contributed by atoms with Gasteiger partial charge in [-0.05, 0) is 42.3 Å². The number of aryl methyl sites for hydroxylation is 1. The minimum absolute atomic E-state index is 0.124. The average Bonchev–Trinajstić information content (AvgIpc) is 2.60. The molecule has 0 radical (unpaired) electrons. The van der Waals surface area contributed by atoms with Gasteiger partial charge in [0.1, 0.15) is 5.82 Å². The quantitative estimate of drug-likeness (QED) is 0.747. The Bertz CT molecular complexity index is 1140. The zero-order valence-electron chi connectivity index (χ0n) is 15.4. The molecule has 0 fully saturated rings. The zero-order valence-corrected chi connectivity index (χ0v) is 16.2. The van der Waals surface area contributed by atoms with Gasteiger partial charge in [-0.2, -0.15) is 0 Å². The van der Waals surface area contributed by atoms with Crippen molar-refractivity contribution in [3.8, 4) is 0 Å². The van der Waals surface area contributed by atoms with Crippen molar-refractivity contribution in [2.45, 2.75) is 25.3 Å². The van der Waals surface area contributed by atoms with Crippen molar-refractivity contribution in [1.82, 2.24) is 4.98 Å². The summed E-state index contributed by atoms with van der Waals surface area (Å²) in [4.78, 5) is 18.3. The average molecular weight is 383 g/mol. The van der Waals surface area contributed by atoms with E-state index in [0.717, 1.165) is 28.3 Å². The molecule has 6 nitrogen and oxygen atoms in total. The van der Waals surface area contributed by atoms with Crippen LogP contribution in [0.15, 0.2) is 53.4 Å². The van der Waals surface area contributed by atoms with Crippen LogP contribution in [-0.2, 0) is 21.2 Å². The first-order chi connectivity index (χ1) is 12.7.